The van der Waals surface area contributed by atoms with E-state index >= 15 is 0 Å². The zero-order valence-electron chi connectivity index (χ0n) is 15.6. The van der Waals surface area contributed by atoms with Crippen LogP contribution in [0, 0.1) is 0 Å². The molecule has 6 nitrogen and oxygen atoms in total. The Bertz CT molecular complexity index is 931. The van der Waals surface area contributed by atoms with Crippen LogP contribution in [0.25, 0.3) is 0 Å². The van der Waals surface area contributed by atoms with Crippen molar-refractivity contribution in [2.24, 2.45) is 0 Å². The minimum Gasteiger partial charge on any atom is -0.497 e. The Hall–Kier alpha value is -1.90. The summed E-state index contributed by atoms with van der Waals surface area (Å²) in [4.78, 5) is 13.0. The molecule has 0 bridgehead atoms. The minimum absolute atomic E-state index is 0.197. The van der Waals surface area contributed by atoms with Crippen LogP contribution in [-0.2, 0) is 21.4 Å². The van der Waals surface area contributed by atoms with Crippen molar-refractivity contribution in [3.05, 3.63) is 58.6 Å². The Morgan fingerprint density at radius 3 is 2.68 bits per heavy atom. The third-order valence-corrected chi connectivity index (χ3v) is 7.23. The van der Waals surface area contributed by atoms with E-state index in [-0.39, 0.29) is 10.8 Å². The molecule has 28 heavy (non-hydrogen) atoms. The Balaban J connectivity index is 1.74. The fraction of sp³-hybridized carbons (Fsp3) is 0.350. The van der Waals surface area contributed by atoms with Crippen molar-refractivity contribution in [2.75, 3.05) is 13.7 Å². The summed E-state index contributed by atoms with van der Waals surface area (Å²) in [5.41, 5.74) is 0.894. The Labute approximate surface area is 174 Å². The highest BCUT2D eigenvalue weighted by Crippen LogP contribution is 2.26. The van der Waals surface area contributed by atoms with E-state index in [9.17, 15) is 13.2 Å². The van der Waals surface area contributed by atoms with Gasteiger partial charge in [-0.05, 0) is 54.8 Å². The molecular formula is C20H23BrN2O4S. The van der Waals surface area contributed by atoms with E-state index in [4.69, 9.17) is 4.74 Å². The van der Waals surface area contributed by atoms with Crippen LogP contribution in [0.5, 0.6) is 5.75 Å². The smallest absolute Gasteiger partial charge is 0.243 e. The van der Waals surface area contributed by atoms with Crippen molar-refractivity contribution < 1.29 is 17.9 Å². The van der Waals surface area contributed by atoms with Gasteiger partial charge in [0.25, 0.3) is 0 Å². The molecule has 1 fully saturated rings. The van der Waals surface area contributed by atoms with Crippen LogP contribution in [-0.4, -0.2) is 38.3 Å². The maximum Gasteiger partial charge on any atom is 0.243 e. The molecule has 0 aliphatic carbocycles. The van der Waals surface area contributed by atoms with Crippen molar-refractivity contribution in [2.45, 2.75) is 36.7 Å². The number of nitrogens with one attached hydrogen (secondary N) is 1. The number of rotatable bonds is 6. The SMILES string of the molecule is COc1cccc(CNC(=O)[C@H]2CCCCN2S(=O)(=O)c2ccc(Br)cc2)c1. The van der Waals surface area contributed by atoms with Crippen molar-refractivity contribution >= 4 is 31.9 Å². The van der Waals surface area contributed by atoms with Gasteiger partial charge in [-0.15, -0.1) is 0 Å². The first-order valence-corrected chi connectivity index (χ1v) is 11.3. The van der Waals surface area contributed by atoms with Gasteiger partial charge in [0.05, 0.1) is 12.0 Å². The van der Waals surface area contributed by atoms with E-state index in [2.05, 4.69) is 21.2 Å². The second-order valence-corrected chi connectivity index (χ2v) is 9.46. The van der Waals surface area contributed by atoms with Gasteiger partial charge in [0.15, 0.2) is 0 Å². The number of amides is 1. The lowest BCUT2D eigenvalue weighted by molar-refractivity contribution is -0.125. The predicted octanol–water partition coefficient (Wildman–Crippen LogP) is 3.32. The van der Waals surface area contributed by atoms with Crippen LogP contribution in [0.2, 0.25) is 0 Å². The van der Waals surface area contributed by atoms with Crippen LogP contribution in [0.1, 0.15) is 24.8 Å². The van der Waals surface area contributed by atoms with Crippen molar-refractivity contribution in [3.63, 3.8) is 0 Å². The molecule has 0 aromatic heterocycles. The number of hydrogen-bond donors (Lipinski definition) is 1. The molecule has 1 atom stereocenters. The summed E-state index contributed by atoms with van der Waals surface area (Å²) in [7, 11) is -2.15. The molecule has 1 aliphatic heterocycles. The van der Waals surface area contributed by atoms with E-state index < -0.39 is 16.1 Å². The largest absolute Gasteiger partial charge is 0.497 e. The summed E-state index contributed by atoms with van der Waals surface area (Å²) in [6.07, 6.45) is 2.08. The fourth-order valence-electron chi connectivity index (χ4n) is 3.29. The normalized spacial score (nSPS) is 17.9. The molecule has 3 rings (SSSR count). The van der Waals surface area contributed by atoms with Crippen molar-refractivity contribution in [1.29, 1.82) is 0 Å². The third kappa shape index (κ3) is 4.74. The fourth-order valence-corrected chi connectivity index (χ4v) is 5.21. The standard InChI is InChI=1S/C20H23BrN2O4S/c1-27-17-6-4-5-15(13-17)14-22-20(24)19-7-2-3-12-23(19)28(25,26)18-10-8-16(21)9-11-18/h4-6,8-11,13,19H,2-3,7,12,14H2,1H3,(H,22,24)/t19-/m1/s1. The summed E-state index contributed by atoms with van der Waals surface area (Å²) in [6, 6.07) is 13.2. The third-order valence-electron chi connectivity index (χ3n) is 4.78. The number of piperidine rings is 1. The van der Waals surface area contributed by atoms with Gasteiger partial charge in [0.1, 0.15) is 11.8 Å². The maximum atomic E-state index is 13.1. The highest BCUT2D eigenvalue weighted by molar-refractivity contribution is 9.10. The first-order chi connectivity index (χ1) is 13.4. The van der Waals surface area contributed by atoms with E-state index in [1.165, 1.54) is 4.31 Å². The number of nitrogens with zero attached hydrogens (tertiary/aromatic N) is 1. The van der Waals surface area contributed by atoms with Crippen LogP contribution in [0.4, 0.5) is 0 Å². The van der Waals surface area contributed by atoms with E-state index in [0.717, 1.165) is 22.9 Å². The lowest BCUT2D eigenvalue weighted by Crippen LogP contribution is -2.51. The molecule has 2 aromatic carbocycles. The number of carbonyl (C=O) groups is 1. The van der Waals surface area contributed by atoms with E-state index in [1.54, 1.807) is 31.4 Å². The van der Waals surface area contributed by atoms with Crippen molar-refractivity contribution in [3.8, 4) is 5.75 Å². The predicted molar refractivity (Wildman–Crippen MR) is 111 cm³/mol. The lowest BCUT2D eigenvalue weighted by atomic mass is 10.0. The molecular weight excluding hydrogens is 444 g/mol. The Morgan fingerprint density at radius 1 is 1.21 bits per heavy atom. The molecule has 1 saturated heterocycles. The van der Waals surface area contributed by atoms with Crippen LogP contribution in [0.3, 0.4) is 0 Å². The number of methoxy groups -OCH3 is 1. The van der Waals surface area contributed by atoms with Crippen LogP contribution >= 0.6 is 15.9 Å². The quantitative estimate of drug-likeness (QED) is 0.708. The summed E-state index contributed by atoms with van der Waals surface area (Å²) >= 11 is 3.31. The number of ether oxygens (including phenoxy) is 1. The van der Waals surface area contributed by atoms with Gasteiger partial charge in [-0.25, -0.2) is 8.42 Å². The number of sulfonamides is 1. The molecule has 0 spiro atoms. The first-order valence-electron chi connectivity index (χ1n) is 9.10. The second kappa shape index (κ2) is 9.07. The van der Waals surface area contributed by atoms with Gasteiger partial charge in [-0.1, -0.05) is 34.5 Å². The summed E-state index contributed by atoms with van der Waals surface area (Å²) in [5.74, 6) is 0.437. The van der Waals surface area contributed by atoms with Gasteiger partial charge in [-0.3, -0.25) is 4.79 Å². The van der Waals surface area contributed by atoms with Crippen LogP contribution in [0.15, 0.2) is 57.9 Å². The highest BCUT2D eigenvalue weighted by Gasteiger charge is 2.37. The number of benzene rings is 2. The second-order valence-electron chi connectivity index (χ2n) is 6.65. The minimum atomic E-state index is -3.73. The molecule has 2 aromatic rings. The molecule has 1 aliphatic rings. The maximum absolute atomic E-state index is 13.1. The summed E-state index contributed by atoms with van der Waals surface area (Å²) < 4.78 is 33.5. The zero-order valence-corrected chi connectivity index (χ0v) is 18.0. The van der Waals surface area contributed by atoms with Gasteiger partial charge < -0.3 is 10.1 Å². The topological polar surface area (TPSA) is 75.7 Å². The monoisotopic (exact) mass is 466 g/mol. The van der Waals surface area contributed by atoms with Gasteiger partial charge >= 0.3 is 0 Å². The average molecular weight is 467 g/mol. The molecule has 0 unspecified atom stereocenters. The van der Waals surface area contributed by atoms with Gasteiger partial charge in [0, 0.05) is 17.6 Å². The molecule has 150 valence electrons. The van der Waals surface area contributed by atoms with Crippen LogP contribution < -0.4 is 10.1 Å². The number of hydrogen-bond acceptors (Lipinski definition) is 4. The summed E-state index contributed by atoms with van der Waals surface area (Å²) in [6.45, 7) is 0.661. The van der Waals surface area contributed by atoms with Gasteiger partial charge in [-0.2, -0.15) is 4.31 Å². The van der Waals surface area contributed by atoms with Gasteiger partial charge in [0.2, 0.25) is 15.9 Å². The molecule has 0 radical (unpaired) electrons. The highest BCUT2D eigenvalue weighted by atomic mass is 79.9. The molecule has 0 saturated carbocycles. The van der Waals surface area contributed by atoms with E-state index in [0.29, 0.717) is 25.3 Å². The molecule has 1 heterocycles. The molecule has 1 N–H and O–H groups in total. The Kier molecular flexibility index (Phi) is 6.74. The summed E-state index contributed by atoms with van der Waals surface area (Å²) in [5, 5.41) is 2.87. The number of halogens is 1. The number of carbonyl (C=O) groups excluding carboxylic acids is 1. The molecule has 8 heteroatoms. The Morgan fingerprint density at radius 2 is 1.96 bits per heavy atom. The average Bonchev–Trinajstić information content (AvgIpc) is 2.72. The zero-order chi connectivity index (χ0) is 20.1. The molecule has 1 amide bonds. The lowest BCUT2D eigenvalue weighted by Gasteiger charge is -2.33. The van der Waals surface area contributed by atoms with Crippen molar-refractivity contribution in [1.82, 2.24) is 9.62 Å². The van der Waals surface area contributed by atoms with E-state index in [1.807, 2.05) is 24.3 Å². The first kappa shape index (κ1) is 20.8.